The second-order valence-electron chi connectivity index (χ2n) is 6.73. The maximum absolute atomic E-state index is 11.8. The van der Waals surface area contributed by atoms with Crippen LogP contribution in [-0.2, 0) is 16.2 Å². The summed E-state index contributed by atoms with van der Waals surface area (Å²) in [4.78, 5) is 17.9. The molecule has 0 spiro atoms. The molecule has 24 heavy (non-hydrogen) atoms. The summed E-state index contributed by atoms with van der Waals surface area (Å²) < 4.78 is 0. The molecule has 3 rings (SSSR count). The molecule has 0 saturated heterocycles. The van der Waals surface area contributed by atoms with E-state index in [1.807, 2.05) is 48.5 Å². The zero-order valence-electron chi connectivity index (χ0n) is 14.4. The van der Waals surface area contributed by atoms with E-state index in [0.29, 0.717) is 6.61 Å². The minimum Gasteiger partial charge on any atom is -0.301 e. The van der Waals surface area contributed by atoms with E-state index >= 15 is 0 Å². The summed E-state index contributed by atoms with van der Waals surface area (Å²) in [7, 11) is 0. The van der Waals surface area contributed by atoms with Crippen LogP contribution in [0.25, 0.3) is 5.70 Å². The summed E-state index contributed by atoms with van der Waals surface area (Å²) in [6.07, 6.45) is 0.991. The normalized spacial score (nSPS) is 19.6. The Kier molecular flexibility index (Phi) is 4.54. The summed E-state index contributed by atoms with van der Waals surface area (Å²) in [6, 6.07) is 19.8. The highest BCUT2D eigenvalue weighted by Crippen LogP contribution is 2.46. The molecule has 1 aliphatic rings. The topological polar surface area (TPSA) is 29.5 Å². The fourth-order valence-corrected chi connectivity index (χ4v) is 3.15. The van der Waals surface area contributed by atoms with Crippen LogP contribution in [0.4, 0.5) is 0 Å². The number of rotatable bonds is 5. The highest BCUT2D eigenvalue weighted by molar-refractivity contribution is 5.77. The van der Waals surface area contributed by atoms with Crippen LogP contribution >= 0.6 is 0 Å². The molecule has 0 N–H and O–H groups in total. The van der Waals surface area contributed by atoms with Crippen LogP contribution in [0, 0.1) is 5.41 Å². The lowest BCUT2D eigenvalue weighted by Gasteiger charge is -2.31. The molecule has 1 unspecified atom stereocenters. The lowest BCUT2D eigenvalue weighted by Crippen LogP contribution is -2.39. The summed E-state index contributed by atoms with van der Waals surface area (Å²) in [5, 5.41) is 1.80. The van der Waals surface area contributed by atoms with E-state index in [0.717, 1.165) is 23.1 Å². The Morgan fingerprint density at radius 2 is 1.62 bits per heavy atom. The van der Waals surface area contributed by atoms with Gasteiger partial charge in [-0.05, 0) is 18.1 Å². The molecule has 3 nitrogen and oxygen atoms in total. The number of aldehydes is 1. The van der Waals surface area contributed by atoms with Crippen molar-refractivity contribution in [2.75, 3.05) is 0 Å². The molecule has 2 aromatic carbocycles. The fraction of sp³-hybridized carbons (Fsp3) is 0.286. The number of hydrogen-bond donors (Lipinski definition) is 0. The van der Waals surface area contributed by atoms with Crippen LogP contribution in [0.3, 0.4) is 0 Å². The van der Waals surface area contributed by atoms with Gasteiger partial charge in [0.05, 0.1) is 12.3 Å². The quantitative estimate of drug-likeness (QED) is 0.762. The smallest absolute Gasteiger partial charge is 0.145 e. The van der Waals surface area contributed by atoms with Gasteiger partial charge in [-0.1, -0.05) is 74.5 Å². The molecular formula is C21H23NO2. The van der Waals surface area contributed by atoms with Crippen LogP contribution in [-0.4, -0.2) is 17.4 Å². The first-order valence-electron chi connectivity index (χ1n) is 8.24. The number of hydrogen-bond acceptors (Lipinski definition) is 3. The minimum absolute atomic E-state index is 0.274. The molecule has 0 saturated carbocycles. The Bertz CT molecular complexity index is 735. The van der Waals surface area contributed by atoms with Gasteiger partial charge < -0.3 is 4.79 Å². The van der Waals surface area contributed by atoms with Gasteiger partial charge in [0, 0.05) is 11.0 Å². The van der Waals surface area contributed by atoms with E-state index in [-0.39, 0.29) is 11.5 Å². The van der Waals surface area contributed by atoms with Crippen LogP contribution in [0.5, 0.6) is 0 Å². The van der Waals surface area contributed by atoms with Gasteiger partial charge in [-0.3, -0.25) is 4.84 Å². The SMILES string of the molecule is CC1=C(c2ccccc2)N(OCc2ccccc2)C(C=O)C1(C)C. The number of benzene rings is 2. The summed E-state index contributed by atoms with van der Waals surface area (Å²) in [5.41, 5.74) is 4.04. The molecule has 0 fully saturated rings. The number of carbonyl (C=O) groups is 1. The van der Waals surface area contributed by atoms with Gasteiger partial charge >= 0.3 is 0 Å². The molecule has 0 bridgehead atoms. The van der Waals surface area contributed by atoms with Crippen molar-refractivity contribution >= 4 is 12.0 Å². The molecule has 0 radical (unpaired) electrons. The van der Waals surface area contributed by atoms with Crippen LogP contribution in [0.2, 0.25) is 0 Å². The molecule has 3 heteroatoms. The first-order chi connectivity index (χ1) is 11.6. The molecule has 1 atom stereocenters. The maximum Gasteiger partial charge on any atom is 0.145 e. The Labute approximate surface area is 143 Å². The van der Waals surface area contributed by atoms with Gasteiger partial charge in [0.25, 0.3) is 0 Å². The van der Waals surface area contributed by atoms with Crippen LogP contribution in [0.1, 0.15) is 31.9 Å². The third kappa shape index (κ3) is 2.87. The van der Waals surface area contributed by atoms with Gasteiger partial charge in [0.1, 0.15) is 12.3 Å². The van der Waals surface area contributed by atoms with E-state index in [9.17, 15) is 4.79 Å². The van der Waals surface area contributed by atoms with E-state index in [2.05, 4.69) is 32.9 Å². The van der Waals surface area contributed by atoms with Crippen molar-refractivity contribution in [2.45, 2.75) is 33.4 Å². The van der Waals surface area contributed by atoms with Crippen molar-refractivity contribution in [1.29, 1.82) is 0 Å². The predicted octanol–water partition coefficient (Wildman–Crippen LogP) is 4.46. The standard InChI is InChI=1S/C21H23NO2/c1-16-20(18-12-8-5-9-13-18)22(19(14-23)21(16,2)3)24-15-17-10-6-4-7-11-17/h4-14,19H,15H2,1-3H3. The zero-order valence-corrected chi connectivity index (χ0v) is 14.4. The molecule has 1 heterocycles. The Morgan fingerprint density at radius 1 is 1.04 bits per heavy atom. The molecule has 0 aliphatic carbocycles. The van der Waals surface area contributed by atoms with E-state index in [1.165, 1.54) is 5.57 Å². The lowest BCUT2D eigenvalue weighted by molar-refractivity contribution is -0.161. The third-order valence-corrected chi connectivity index (χ3v) is 4.92. The lowest BCUT2D eigenvalue weighted by atomic mass is 9.81. The van der Waals surface area contributed by atoms with Gasteiger partial charge in [-0.15, -0.1) is 0 Å². The van der Waals surface area contributed by atoms with E-state index < -0.39 is 0 Å². The van der Waals surface area contributed by atoms with E-state index in [1.54, 1.807) is 5.06 Å². The van der Waals surface area contributed by atoms with Crippen molar-refractivity contribution in [3.63, 3.8) is 0 Å². The van der Waals surface area contributed by atoms with Crippen molar-refractivity contribution < 1.29 is 9.63 Å². The van der Waals surface area contributed by atoms with Gasteiger partial charge in [0.2, 0.25) is 0 Å². The highest BCUT2D eigenvalue weighted by Gasteiger charge is 2.46. The zero-order chi connectivity index (χ0) is 17.2. The second kappa shape index (κ2) is 6.62. The highest BCUT2D eigenvalue weighted by atomic mass is 16.7. The molecule has 1 aliphatic heterocycles. The van der Waals surface area contributed by atoms with Gasteiger partial charge in [-0.25, -0.2) is 5.06 Å². The van der Waals surface area contributed by atoms with Gasteiger partial charge in [0.15, 0.2) is 0 Å². The average Bonchev–Trinajstić information content (AvgIpc) is 2.80. The van der Waals surface area contributed by atoms with Crippen LogP contribution < -0.4 is 0 Å². The molecule has 124 valence electrons. The second-order valence-corrected chi connectivity index (χ2v) is 6.73. The first kappa shape index (κ1) is 16.5. The van der Waals surface area contributed by atoms with Crippen molar-refractivity contribution in [2.24, 2.45) is 5.41 Å². The van der Waals surface area contributed by atoms with Crippen molar-refractivity contribution in [3.8, 4) is 0 Å². The molecule has 0 amide bonds. The Hall–Kier alpha value is -2.39. The molecular weight excluding hydrogens is 298 g/mol. The fourth-order valence-electron chi connectivity index (χ4n) is 3.15. The van der Waals surface area contributed by atoms with Crippen molar-refractivity contribution in [1.82, 2.24) is 5.06 Å². The predicted molar refractivity (Wildman–Crippen MR) is 95.7 cm³/mol. The monoisotopic (exact) mass is 321 g/mol. The Morgan fingerprint density at radius 3 is 2.21 bits per heavy atom. The number of hydroxylamine groups is 2. The summed E-state index contributed by atoms with van der Waals surface area (Å²) in [6.45, 7) is 6.71. The van der Waals surface area contributed by atoms with Crippen LogP contribution in [0.15, 0.2) is 66.2 Å². The minimum atomic E-state index is -0.337. The maximum atomic E-state index is 11.8. The largest absolute Gasteiger partial charge is 0.301 e. The number of nitrogens with zero attached hydrogens (tertiary/aromatic N) is 1. The van der Waals surface area contributed by atoms with Gasteiger partial charge in [-0.2, -0.15) is 0 Å². The van der Waals surface area contributed by atoms with E-state index in [4.69, 9.17) is 4.84 Å². The summed E-state index contributed by atoms with van der Waals surface area (Å²) in [5.74, 6) is 0. The Balaban J connectivity index is 1.95. The molecule has 2 aromatic rings. The third-order valence-electron chi connectivity index (χ3n) is 4.92. The number of carbonyl (C=O) groups excluding carboxylic acids is 1. The van der Waals surface area contributed by atoms with Crippen molar-refractivity contribution in [3.05, 3.63) is 77.4 Å². The first-order valence-corrected chi connectivity index (χ1v) is 8.24. The average molecular weight is 321 g/mol. The summed E-state index contributed by atoms with van der Waals surface area (Å²) >= 11 is 0. The molecule has 0 aromatic heterocycles.